The molecule has 0 radical (unpaired) electrons. The van der Waals surface area contributed by atoms with Crippen molar-refractivity contribution in [2.24, 2.45) is 10.9 Å². The third-order valence-corrected chi connectivity index (χ3v) is 9.43. The van der Waals surface area contributed by atoms with E-state index in [2.05, 4.69) is 23.9 Å². The molecule has 1 atom stereocenters. The van der Waals surface area contributed by atoms with Gasteiger partial charge in [0, 0.05) is 23.3 Å². The van der Waals surface area contributed by atoms with E-state index in [-0.39, 0.29) is 0 Å². The minimum Gasteiger partial charge on any atom is -0.309 e. The number of nitrogens with zero attached hydrogens (tertiary/aromatic N) is 1. The van der Waals surface area contributed by atoms with Gasteiger partial charge in [0.1, 0.15) is 0 Å². The van der Waals surface area contributed by atoms with E-state index in [4.69, 9.17) is 4.52 Å². The smallest absolute Gasteiger partial charge is 0.309 e. The van der Waals surface area contributed by atoms with E-state index >= 15 is 0 Å². The number of hydrogen-bond acceptors (Lipinski definition) is 5. The van der Waals surface area contributed by atoms with Crippen LogP contribution in [0.15, 0.2) is 4.99 Å². The van der Waals surface area contributed by atoms with Crippen LogP contribution in [0.5, 0.6) is 0 Å². The Kier molecular flexibility index (Phi) is 7.76. The lowest BCUT2D eigenvalue weighted by Gasteiger charge is -2.14. The molecule has 7 heteroatoms. The van der Waals surface area contributed by atoms with Crippen LogP contribution in [0, 0.1) is 5.92 Å². The molecule has 1 N–H and O–H groups in total. The van der Waals surface area contributed by atoms with E-state index in [1.807, 2.05) is 0 Å². The maximum Gasteiger partial charge on any atom is 0.361 e. The number of hydrogen-bond donors (Lipinski definition) is 1. The van der Waals surface area contributed by atoms with Gasteiger partial charge in [-0.1, -0.05) is 37.5 Å². The highest BCUT2D eigenvalue weighted by molar-refractivity contribution is 8.99. The average Bonchev–Trinajstić information content (AvgIpc) is 2.81. The van der Waals surface area contributed by atoms with Gasteiger partial charge in [-0.2, -0.15) is 0 Å². The van der Waals surface area contributed by atoms with Gasteiger partial charge >= 0.3 is 6.72 Å². The van der Waals surface area contributed by atoms with Gasteiger partial charge < -0.3 is 4.52 Å². The Labute approximate surface area is 118 Å². The molecule has 0 aromatic heterocycles. The fourth-order valence-electron chi connectivity index (χ4n) is 1.60. The van der Waals surface area contributed by atoms with Crippen LogP contribution < -0.4 is 5.09 Å². The molecule has 1 aliphatic carbocycles. The molecule has 1 unspecified atom stereocenters. The summed E-state index contributed by atoms with van der Waals surface area (Å²) in [5, 5.41) is 2.83. The monoisotopic (exact) mass is 310 g/mol. The Morgan fingerprint density at radius 2 is 2.17 bits per heavy atom. The Balaban J connectivity index is 2.31. The quantitative estimate of drug-likeness (QED) is 0.313. The van der Waals surface area contributed by atoms with Gasteiger partial charge in [-0.3, -0.25) is 14.6 Å². The van der Waals surface area contributed by atoms with E-state index in [1.54, 1.807) is 17.1 Å². The predicted molar refractivity (Wildman–Crippen MR) is 83.4 cm³/mol. The lowest BCUT2D eigenvalue weighted by atomic mass is 10.3. The van der Waals surface area contributed by atoms with E-state index in [0.29, 0.717) is 12.0 Å². The molecular formula is C11H23N2O2PS2. The molecular weight excluding hydrogens is 287 g/mol. The highest BCUT2D eigenvalue weighted by Crippen LogP contribution is 2.60. The summed E-state index contributed by atoms with van der Waals surface area (Å²) in [5.74, 6) is 1.54. The van der Waals surface area contributed by atoms with Crippen molar-refractivity contribution in [3.8, 4) is 0 Å². The van der Waals surface area contributed by atoms with Crippen molar-refractivity contribution >= 4 is 34.3 Å². The Morgan fingerprint density at radius 1 is 1.50 bits per heavy atom. The molecule has 106 valence electrons. The minimum atomic E-state index is -2.83. The van der Waals surface area contributed by atoms with Gasteiger partial charge in [0.05, 0.1) is 12.4 Å². The van der Waals surface area contributed by atoms with Crippen LogP contribution in [-0.4, -0.2) is 25.2 Å². The van der Waals surface area contributed by atoms with Crippen LogP contribution in [0.25, 0.3) is 0 Å². The minimum absolute atomic E-state index is 0.399. The molecule has 1 rings (SSSR count). The van der Waals surface area contributed by atoms with Gasteiger partial charge in [0.2, 0.25) is 0 Å². The maximum atomic E-state index is 12.3. The summed E-state index contributed by atoms with van der Waals surface area (Å²) in [6, 6.07) is 0.399. The molecule has 4 nitrogen and oxygen atoms in total. The highest BCUT2D eigenvalue weighted by atomic mass is 33.3. The van der Waals surface area contributed by atoms with Crippen molar-refractivity contribution in [2.45, 2.75) is 45.6 Å². The fourth-order valence-corrected chi connectivity index (χ4v) is 7.09. The van der Waals surface area contributed by atoms with Crippen molar-refractivity contribution in [3.05, 3.63) is 0 Å². The van der Waals surface area contributed by atoms with E-state index in [1.165, 1.54) is 30.4 Å². The molecule has 0 amide bonds. The lowest BCUT2D eigenvalue weighted by molar-refractivity contribution is 0.406. The van der Waals surface area contributed by atoms with E-state index in [0.717, 1.165) is 18.6 Å². The summed E-state index contributed by atoms with van der Waals surface area (Å²) in [4.78, 5) is 4.39. The van der Waals surface area contributed by atoms with Crippen molar-refractivity contribution in [1.29, 1.82) is 0 Å². The van der Waals surface area contributed by atoms with E-state index in [9.17, 15) is 4.57 Å². The SMILES string of the molecule is COP(=O)(NC=NC1CCCC1)SSCC(C)C. The van der Waals surface area contributed by atoms with Crippen LogP contribution in [0.2, 0.25) is 0 Å². The van der Waals surface area contributed by atoms with Crippen molar-refractivity contribution < 1.29 is 9.09 Å². The van der Waals surface area contributed by atoms with Crippen LogP contribution in [0.3, 0.4) is 0 Å². The van der Waals surface area contributed by atoms with Crippen molar-refractivity contribution in [1.82, 2.24) is 5.09 Å². The summed E-state index contributed by atoms with van der Waals surface area (Å²) < 4.78 is 17.3. The second-order valence-corrected chi connectivity index (χ2v) is 11.1. The summed E-state index contributed by atoms with van der Waals surface area (Å²) in [5.41, 5.74) is 0. The summed E-state index contributed by atoms with van der Waals surface area (Å²) in [6.07, 6.45) is 6.37. The molecule has 0 aromatic carbocycles. The first-order valence-electron chi connectivity index (χ1n) is 6.32. The van der Waals surface area contributed by atoms with Gasteiger partial charge in [0.15, 0.2) is 0 Å². The molecule has 18 heavy (non-hydrogen) atoms. The third-order valence-electron chi connectivity index (χ3n) is 2.62. The van der Waals surface area contributed by atoms with Crippen LogP contribution in [-0.2, 0) is 9.09 Å². The standard InChI is InChI=1S/C11H23N2O2PS2/c1-10(2)8-17-18-16(14,15-3)13-9-12-11-6-4-5-7-11/h9-11H,4-8H2,1-3H3,(H,12,13,14). The molecule has 0 spiro atoms. The lowest BCUT2D eigenvalue weighted by Crippen LogP contribution is -2.09. The number of aliphatic imine (C=N–C) groups is 1. The molecule has 0 aliphatic heterocycles. The van der Waals surface area contributed by atoms with Gasteiger partial charge in [-0.25, -0.2) is 0 Å². The topological polar surface area (TPSA) is 50.7 Å². The highest BCUT2D eigenvalue weighted by Gasteiger charge is 2.22. The second kappa shape index (κ2) is 8.51. The van der Waals surface area contributed by atoms with Crippen LogP contribution >= 0.6 is 27.9 Å². The summed E-state index contributed by atoms with van der Waals surface area (Å²) >= 11 is 0. The average molecular weight is 310 g/mol. The van der Waals surface area contributed by atoms with Crippen LogP contribution in [0.1, 0.15) is 39.5 Å². The molecule has 0 bridgehead atoms. The first kappa shape index (κ1) is 16.4. The van der Waals surface area contributed by atoms with Gasteiger partial charge in [0.25, 0.3) is 0 Å². The predicted octanol–water partition coefficient (Wildman–Crippen LogP) is 4.34. The molecule has 1 fully saturated rings. The van der Waals surface area contributed by atoms with E-state index < -0.39 is 6.72 Å². The molecule has 0 saturated heterocycles. The summed E-state index contributed by atoms with van der Waals surface area (Å²) in [7, 11) is 4.33. The molecule has 1 saturated carbocycles. The zero-order chi connectivity index (χ0) is 13.4. The van der Waals surface area contributed by atoms with Crippen molar-refractivity contribution in [3.63, 3.8) is 0 Å². The Hall–Kier alpha value is 0.360. The fraction of sp³-hybridized carbons (Fsp3) is 0.909. The first-order chi connectivity index (χ1) is 8.56. The zero-order valence-corrected chi connectivity index (χ0v) is 13.8. The largest absolute Gasteiger partial charge is 0.361 e. The van der Waals surface area contributed by atoms with Gasteiger partial charge in [-0.05, 0) is 18.8 Å². The molecule has 1 aliphatic rings. The van der Waals surface area contributed by atoms with Crippen LogP contribution in [0.4, 0.5) is 0 Å². The number of rotatable bonds is 8. The molecule has 0 heterocycles. The second-order valence-electron chi connectivity index (χ2n) is 4.78. The third kappa shape index (κ3) is 6.50. The summed E-state index contributed by atoms with van der Waals surface area (Å²) in [6.45, 7) is 1.45. The Morgan fingerprint density at radius 3 is 2.72 bits per heavy atom. The first-order valence-corrected chi connectivity index (χ1v) is 10.9. The van der Waals surface area contributed by atoms with Crippen molar-refractivity contribution in [2.75, 3.05) is 12.9 Å². The van der Waals surface area contributed by atoms with Gasteiger partial charge in [-0.15, -0.1) is 0 Å². The maximum absolute atomic E-state index is 12.3. The number of nitrogens with one attached hydrogen (secondary N) is 1. The normalized spacial score (nSPS) is 20.7. The molecule has 0 aromatic rings. The Bertz CT molecular complexity index is 307. The zero-order valence-electron chi connectivity index (χ0n) is 11.3.